The van der Waals surface area contributed by atoms with Gasteiger partial charge < -0.3 is 10.1 Å². The second kappa shape index (κ2) is 7.44. The van der Waals surface area contributed by atoms with Crippen molar-refractivity contribution in [2.75, 3.05) is 13.7 Å². The van der Waals surface area contributed by atoms with Crippen molar-refractivity contribution >= 4 is 23.2 Å². The first-order valence-electron chi connectivity index (χ1n) is 6.26. The van der Waals surface area contributed by atoms with E-state index in [4.69, 9.17) is 27.9 Å². The summed E-state index contributed by atoms with van der Waals surface area (Å²) in [5.74, 6) is -0.0547. The fraction of sp³-hybridized carbons (Fsp3) is 0.571. The molecule has 2 atom stereocenters. The number of halogens is 3. The minimum Gasteiger partial charge on any atom is -0.383 e. The first kappa shape index (κ1) is 16.7. The molecule has 0 bridgehead atoms. The van der Waals surface area contributed by atoms with Crippen molar-refractivity contribution < 1.29 is 9.13 Å². The summed E-state index contributed by atoms with van der Waals surface area (Å²) >= 11 is 11.8. The summed E-state index contributed by atoms with van der Waals surface area (Å²) in [6.45, 7) is 6.75. The highest BCUT2D eigenvalue weighted by atomic mass is 35.5. The average Bonchev–Trinajstić information content (AvgIpc) is 2.32. The minimum absolute atomic E-state index is 0.0400. The summed E-state index contributed by atoms with van der Waals surface area (Å²) in [6.07, 6.45) is 0. The molecule has 0 saturated carbocycles. The lowest BCUT2D eigenvalue weighted by atomic mass is 10.0. The normalized spacial score (nSPS) is 14.7. The third-order valence-corrected chi connectivity index (χ3v) is 3.74. The van der Waals surface area contributed by atoms with Gasteiger partial charge in [0.1, 0.15) is 5.82 Å². The van der Waals surface area contributed by atoms with E-state index >= 15 is 0 Å². The molecule has 0 heterocycles. The zero-order valence-corrected chi connectivity index (χ0v) is 13.1. The molecule has 1 N–H and O–H groups in total. The van der Waals surface area contributed by atoms with E-state index < -0.39 is 5.82 Å². The molecule has 0 radical (unpaired) electrons. The van der Waals surface area contributed by atoms with E-state index in [1.807, 2.05) is 6.92 Å². The Hall–Kier alpha value is -0.350. The van der Waals surface area contributed by atoms with Crippen LogP contribution in [0.15, 0.2) is 12.1 Å². The average molecular weight is 308 g/mol. The van der Waals surface area contributed by atoms with Crippen molar-refractivity contribution in [2.45, 2.75) is 32.9 Å². The molecular formula is C14H20Cl2FNO. The topological polar surface area (TPSA) is 21.3 Å². The van der Waals surface area contributed by atoms with Gasteiger partial charge in [-0.2, -0.15) is 0 Å². The quantitative estimate of drug-likeness (QED) is 0.784. The van der Waals surface area contributed by atoms with E-state index in [0.29, 0.717) is 23.1 Å². The monoisotopic (exact) mass is 307 g/mol. The van der Waals surface area contributed by atoms with Crippen LogP contribution >= 0.6 is 23.2 Å². The van der Waals surface area contributed by atoms with Gasteiger partial charge in [0.05, 0.1) is 11.6 Å². The number of hydrogen-bond acceptors (Lipinski definition) is 2. The zero-order chi connectivity index (χ0) is 14.6. The molecule has 1 aromatic carbocycles. The zero-order valence-electron chi connectivity index (χ0n) is 11.6. The van der Waals surface area contributed by atoms with Crippen LogP contribution in [0.1, 0.15) is 32.4 Å². The predicted molar refractivity (Wildman–Crippen MR) is 78.5 cm³/mol. The number of hydrogen-bond donors (Lipinski definition) is 1. The minimum atomic E-state index is -0.456. The van der Waals surface area contributed by atoms with E-state index in [0.717, 1.165) is 0 Å². The Balaban J connectivity index is 2.87. The molecule has 0 aliphatic heterocycles. The van der Waals surface area contributed by atoms with Crippen LogP contribution < -0.4 is 5.32 Å². The Kier molecular flexibility index (Phi) is 6.54. The van der Waals surface area contributed by atoms with Crippen LogP contribution in [-0.2, 0) is 4.74 Å². The van der Waals surface area contributed by atoms with Gasteiger partial charge in [-0.15, -0.1) is 0 Å². The van der Waals surface area contributed by atoms with Gasteiger partial charge in [-0.3, -0.25) is 0 Å². The van der Waals surface area contributed by atoms with Gasteiger partial charge in [0.15, 0.2) is 0 Å². The van der Waals surface area contributed by atoms with Gasteiger partial charge in [0, 0.05) is 24.2 Å². The van der Waals surface area contributed by atoms with Crippen molar-refractivity contribution in [3.05, 3.63) is 33.6 Å². The fourth-order valence-corrected chi connectivity index (χ4v) is 2.44. The molecule has 1 aromatic rings. The molecule has 0 spiro atoms. The molecule has 19 heavy (non-hydrogen) atoms. The van der Waals surface area contributed by atoms with E-state index in [1.54, 1.807) is 7.11 Å². The Morgan fingerprint density at radius 1 is 1.21 bits per heavy atom. The van der Waals surface area contributed by atoms with Crippen molar-refractivity contribution in [2.24, 2.45) is 5.92 Å². The van der Waals surface area contributed by atoms with Gasteiger partial charge in [-0.1, -0.05) is 37.0 Å². The van der Waals surface area contributed by atoms with Crippen molar-refractivity contribution in [3.8, 4) is 0 Å². The highest BCUT2D eigenvalue weighted by Gasteiger charge is 2.19. The van der Waals surface area contributed by atoms with Crippen LogP contribution in [0.25, 0.3) is 0 Å². The highest BCUT2D eigenvalue weighted by Crippen LogP contribution is 2.29. The Morgan fingerprint density at radius 3 is 2.37 bits per heavy atom. The lowest BCUT2D eigenvalue weighted by Gasteiger charge is -2.26. The van der Waals surface area contributed by atoms with E-state index in [-0.39, 0.29) is 17.1 Å². The highest BCUT2D eigenvalue weighted by molar-refractivity contribution is 6.35. The van der Waals surface area contributed by atoms with Crippen LogP contribution in [0.3, 0.4) is 0 Å². The van der Waals surface area contributed by atoms with Crippen LogP contribution in [-0.4, -0.2) is 19.8 Å². The second-order valence-electron chi connectivity index (χ2n) is 4.98. The lowest BCUT2D eigenvalue weighted by Crippen LogP contribution is -2.39. The molecule has 108 valence electrons. The number of ether oxygens (including phenoxy) is 1. The number of benzene rings is 1. The molecule has 2 nitrogen and oxygen atoms in total. The number of methoxy groups -OCH3 is 1. The second-order valence-corrected chi connectivity index (χ2v) is 5.80. The molecule has 0 saturated heterocycles. The molecule has 1 rings (SSSR count). The Bertz CT molecular complexity index is 426. The van der Waals surface area contributed by atoms with E-state index in [9.17, 15) is 4.39 Å². The van der Waals surface area contributed by atoms with E-state index in [1.165, 1.54) is 12.1 Å². The summed E-state index contributed by atoms with van der Waals surface area (Å²) in [5.41, 5.74) is 0.699. The van der Waals surface area contributed by atoms with Gasteiger partial charge >= 0.3 is 0 Å². The summed E-state index contributed by atoms with van der Waals surface area (Å²) in [5, 5.41) is 3.91. The summed E-state index contributed by atoms with van der Waals surface area (Å²) in [6, 6.07) is 2.91. The maximum atomic E-state index is 13.5. The van der Waals surface area contributed by atoms with Crippen LogP contribution in [0.2, 0.25) is 10.0 Å². The van der Waals surface area contributed by atoms with Crippen molar-refractivity contribution in [1.29, 1.82) is 0 Å². The van der Waals surface area contributed by atoms with Gasteiger partial charge in [0.25, 0.3) is 0 Å². The Labute approximate surface area is 124 Å². The number of nitrogens with one attached hydrogen (secondary N) is 1. The van der Waals surface area contributed by atoms with Crippen LogP contribution in [0, 0.1) is 11.7 Å². The largest absolute Gasteiger partial charge is 0.383 e. The van der Waals surface area contributed by atoms with E-state index in [2.05, 4.69) is 19.2 Å². The van der Waals surface area contributed by atoms with Gasteiger partial charge in [0.2, 0.25) is 0 Å². The summed E-state index contributed by atoms with van der Waals surface area (Å²) in [7, 11) is 1.66. The predicted octanol–water partition coefficient (Wildman–Crippen LogP) is 4.45. The maximum Gasteiger partial charge on any atom is 0.142 e. The molecule has 0 aromatic heterocycles. The number of rotatable bonds is 6. The van der Waals surface area contributed by atoms with Crippen LogP contribution in [0.5, 0.6) is 0 Å². The molecule has 0 aliphatic carbocycles. The molecule has 0 amide bonds. The molecule has 0 fully saturated rings. The standard InChI is InChI=1S/C14H20Cl2FNO/c1-8(2)14(7-19-4)18-9(3)10-5-13(17)12(16)6-11(10)15/h5-6,8-9,14,18H,7H2,1-4H3. The summed E-state index contributed by atoms with van der Waals surface area (Å²) in [4.78, 5) is 0. The summed E-state index contributed by atoms with van der Waals surface area (Å²) < 4.78 is 18.7. The molecular weight excluding hydrogens is 288 g/mol. The third-order valence-electron chi connectivity index (χ3n) is 3.12. The van der Waals surface area contributed by atoms with Crippen LogP contribution in [0.4, 0.5) is 4.39 Å². The Morgan fingerprint density at radius 2 is 1.84 bits per heavy atom. The molecule has 5 heteroatoms. The maximum absolute atomic E-state index is 13.5. The van der Waals surface area contributed by atoms with Gasteiger partial charge in [-0.25, -0.2) is 4.39 Å². The third kappa shape index (κ3) is 4.60. The fourth-order valence-electron chi connectivity index (χ4n) is 1.89. The first-order valence-corrected chi connectivity index (χ1v) is 7.01. The van der Waals surface area contributed by atoms with Crippen molar-refractivity contribution in [3.63, 3.8) is 0 Å². The smallest absolute Gasteiger partial charge is 0.142 e. The van der Waals surface area contributed by atoms with Crippen molar-refractivity contribution in [1.82, 2.24) is 5.32 Å². The first-order chi connectivity index (χ1) is 8.86. The molecule has 0 aliphatic rings. The lowest BCUT2D eigenvalue weighted by molar-refractivity contribution is 0.141. The SMILES string of the molecule is COCC(NC(C)c1cc(F)c(Cl)cc1Cl)C(C)C. The molecule has 2 unspecified atom stereocenters. The van der Waals surface area contributed by atoms with Gasteiger partial charge in [-0.05, 0) is 30.5 Å².